The fourth-order valence-corrected chi connectivity index (χ4v) is 2.00. The molecule has 0 radical (unpaired) electrons. The third-order valence-electron chi connectivity index (χ3n) is 1.68. The second kappa shape index (κ2) is 5.74. The molecule has 0 amide bonds. The van der Waals surface area contributed by atoms with E-state index in [9.17, 15) is 0 Å². The molecule has 0 aromatic rings. The standard InChI is InChI=1S/C6H12IN.ClH/c7-3-1-6-2-4-8-5-6;/h6,8H,1-5H2;1H/t6-;/m1./s1. The summed E-state index contributed by atoms with van der Waals surface area (Å²) in [7, 11) is 0. The van der Waals surface area contributed by atoms with Gasteiger partial charge in [0, 0.05) is 0 Å². The van der Waals surface area contributed by atoms with Crippen molar-refractivity contribution in [2.75, 3.05) is 17.5 Å². The summed E-state index contributed by atoms with van der Waals surface area (Å²) in [5, 5.41) is 3.35. The van der Waals surface area contributed by atoms with Crippen molar-refractivity contribution in [1.82, 2.24) is 5.32 Å². The van der Waals surface area contributed by atoms with Crippen LogP contribution < -0.4 is 5.32 Å². The third kappa shape index (κ3) is 3.63. The lowest BCUT2D eigenvalue weighted by Crippen LogP contribution is -2.08. The highest BCUT2D eigenvalue weighted by atomic mass is 127. The molecule has 1 rings (SSSR count). The topological polar surface area (TPSA) is 12.0 Å². The van der Waals surface area contributed by atoms with Crippen molar-refractivity contribution in [3.8, 4) is 0 Å². The molecule has 1 nitrogen and oxygen atoms in total. The molecule has 1 fully saturated rings. The van der Waals surface area contributed by atoms with Crippen molar-refractivity contribution in [3.05, 3.63) is 0 Å². The summed E-state index contributed by atoms with van der Waals surface area (Å²) in [5.41, 5.74) is 0. The van der Waals surface area contributed by atoms with Gasteiger partial charge in [0.1, 0.15) is 0 Å². The maximum atomic E-state index is 3.35. The van der Waals surface area contributed by atoms with Gasteiger partial charge in [0.05, 0.1) is 0 Å². The zero-order chi connectivity index (χ0) is 5.82. The minimum Gasteiger partial charge on any atom is -0.316 e. The lowest BCUT2D eigenvalue weighted by Gasteiger charge is -2.01. The van der Waals surface area contributed by atoms with Crippen LogP contribution in [0, 0.1) is 5.92 Å². The van der Waals surface area contributed by atoms with Crippen molar-refractivity contribution in [2.24, 2.45) is 5.92 Å². The molecule has 0 aromatic heterocycles. The predicted molar refractivity (Wildman–Crippen MR) is 51.7 cm³/mol. The van der Waals surface area contributed by atoms with Gasteiger partial charge in [0.2, 0.25) is 0 Å². The molecule has 0 spiro atoms. The minimum absolute atomic E-state index is 0. The van der Waals surface area contributed by atoms with Crippen molar-refractivity contribution >= 4 is 35.0 Å². The largest absolute Gasteiger partial charge is 0.316 e. The van der Waals surface area contributed by atoms with Crippen molar-refractivity contribution in [3.63, 3.8) is 0 Å². The molecule has 1 aliphatic rings. The number of alkyl halides is 1. The van der Waals surface area contributed by atoms with Gasteiger partial charge >= 0.3 is 0 Å². The number of nitrogens with one attached hydrogen (secondary N) is 1. The van der Waals surface area contributed by atoms with E-state index < -0.39 is 0 Å². The van der Waals surface area contributed by atoms with Gasteiger partial charge in [0.15, 0.2) is 0 Å². The average molecular weight is 262 g/mol. The Hall–Kier alpha value is 0.980. The van der Waals surface area contributed by atoms with Crippen LogP contribution in [0.4, 0.5) is 0 Å². The Kier molecular flexibility index (Phi) is 6.37. The number of halogens is 2. The van der Waals surface area contributed by atoms with E-state index in [0.29, 0.717) is 0 Å². The molecule has 1 heterocycles. The van der Waals surface area contributed by atoms with Gasteiger partial charge < -0.3 is 5.32 Å². The summed E-state index contributed by atoms with van der Waals surface area (Å²) in [5.74, 6) is 0.992. The molecule has 0 aromatic carbocycles. The molecule has 1 aliphatic heterocycles. The summed E-state index contributed by atoms with van der Waals surface area (Å²) < 4.78 is 1.32. The Bertz CT molecular complexity index is 64.1. The van der Waals surface area contributed by atoms with Gasteiger partial charge in [-0.25, -0.2) is 0 Å². The second-order valence-corrected chi connectivity index (χ2v) is 3.42. The van der Waals surface area contributed by atoms with Crippen molar-refractivity contribution < 1.29 is 0 Å². The van der Waals surface area contributed by atoms with E-state index in [-0.39, 0.29) is 12.4 Å². The second-order valence-electron chi connectivity index (χ2n) is 2.34. The van der Waals surface area contributed by atoms with Crippen LogP contribution in [-0.2, 0) is 0 Å². The molecular weight excluding hydrogens is 248 g/mol. The first-order chi connectivity index (χ1) is 3.93. The lowest BCUT2D eigenvalue weighted by molar-refractivity contribution is 0.572. The van der Waals surface area contributed by atoms with E-state index in [1.54, 1.807) is 0 Å². The zero-order valence-corrected chi connectivity index (χ0v) is 8.37. The van der Waals surface area contributed by atoms with Gasteiger partial charge in [-0.05, 0) is 36.3 Å². The SMILES string of the molecule is Cl.ICC[C@@H]1CCNC1. The van der Waals surface area contributed by atoms with Crippen LogP contribution in [0.1, 0.15) is 12.8 Å². The van der Waals surface area contributed by atoms with Gasteiger partial charge in [-0.2, -0.15) is 0 Å². The molecule has 0 unspecified atom stereocenters. The van der Waals surface area contributed by atoms with Gasteiger partial charge in [0.25, 0.3) is 0 Å². The first-order valence-electron chi connectivity index (χ1n) is 3.20. The molecule has 1 N–H and O–H groups in total. The van der Waals surface area contributed by atoms with E-state index >= 15 is 0 Å². The highest BCUT2D eigenvalue weighted by molar-refractivity contribution is 14.1. The maximum Gasteiger partial charge on any atom is -0.000161 e. The van der Waals surface area contributed by atoms with Gasteiger partial charge in [-0.3, -0.25) is 0 Å². The van der Waals surface area contributed by atoms with Gasteiger partial charge in [-0.15, -0.1) is 12.4 Å². The lowest BCUT2D eigenvalue weighted by atomic mass is 10.1. The van der Waals surface area contributed by atoms with E-state index in [4.69, 9.17) is 0 Å². The molecule has 0 saturated carbocycles. The monoisotopic (exact) mass is 261 g/mol. The Labute approximate surface area is 76.5 Å². The number of hydrogen-bond acceptors (Lipinski definition) is 1. The first kappa shape index (κ1) is 9.98. The third-order valence-corrected chi connectivity index (χ3v) is 2.30. The van der Waals surface area contributed by atoms with E-state index in [2.05, 4.69) is 27.9 Å². The molecule has 56 valence electrons. The molecule has 0 bridgehead atoms. The van der Waals surface area contributed by atoms with E-state index in [1.165, 1.54) is 30.4 Å². The Morgan fingerprint density at radius 2 is 2.33 bits per heavy atom. The summed E-state index contributed by atoms with van der Waals surface area (Å²) in [4.78, 5) is 0. The quantitative estimate of drug-likeness (QED) is 0.591. The fourth-order valence-electron chi connectivity index (χ4n) is 1.12. The Balaban J connectivity index is 0.000000640. The molecule has 9 heavy (non-hydrogen) atoms. The highest BCUT2D eigenvalue weighted by Gasteiger charge is 2.12. The number of rotatable bonds is 2. The van der Waals surface area contributed by atoms with Crippen LogP contribution >= 0.6 is 35.0 Å². The van der Waals surface area contributed by atoms with E-state index in [0.717, 1.165) is 5.92 Å². The van der Waals surface area contributed by atoms with Gasteiger partial charge in [-0.1, -0.05) is 22.6 Å². The van der Waals surface area contributed by atoms with Crippen LogP contribution in [-0.4, -0.2) is 17.5 Å². The van der Waals surface area contributed by atoms with Crippen LogP contribution in [0.2, 0.25) is 0 Å². The summed E-state index contributed by atoms with van der Waals surface area (Å²) in [6.07, 6.45) is 2.82. The molecular formula is C6H13ClIN. The minimum atomic E-state index is 0. The molecule has 3 heteroatoms. The van der Waals surface area contributed by atoms with E-state index in [1.807, 2.05) is 0 Å². The molecule has 1 saturated heterocycles. The average Bonchev–Trinajstić information content (AvgIpc) is 2.19. The first-order valence-corrected chi connectivity index (χ1v) is 4.72. The highest BCUT2D eigenvalue weighted by Crippen LogP contribution is 2.12. The van der Waals surface area contributed by atoms with Crippen molar-refractivity contribution in [2.45, 2.75) is 12.8 Å². The summed E-state index contributed by atoms with van der Waals surface area (Å²) in [6, 6.07) is 0. The number of hydrogen-bond donors (Lipinski definition) is 1. The molecule has 0 aliphatic carbocycles. The fraction of sp³-hybridized carbons (Fsp3) is 1.00. The van der Waals surface area contributed by atoms with Crippen molar-refractivity contribution in [1.29, 1.82) is 0 Å². The molecule has 1 atom stereocenters. The summed E-state index contributed by atoms with van der Waals surface area (Å²) >= 11 is 2.45. The summed E-state index contributed by atoms with van der Waals surface area (Å²) in [6.45, 7) is 2.52. The van der Waals surface area contributed by atoms with Crippen LogP contribution in [0.25, 0.3) is 0 Å². The van der Waals surface area contributed by atoms with Crippen LogP contribution in [0.5, 0.6) is 0 Å². The zero-order valence-electron chi connectivity index (χ0n) is 5.40. The van der Waals surface area contributed by atoms with Crippen LogP contribution in [0.15, 0.2) is 0 Å². The smallest absolute Gasteiger partial charge is 0.000161 e. The Morgan fingerprint density at radius 1 is 1.56 bits per heavy atom. The van der Waals surface area contributed by atoms with Crippen LogP contribution in [0.3, 0.4) is 0 Å². The predicted octanol–water partition coefficient (Wildman–Crippen LogP) is 1.84. The maximum absolute atomic E-state index is 3.35. The normalized spacial score (nSPS) is 25.7. The Morgan fingerprint density at radius 3 is 2.78 bits per heavy atom.